The molecule has 2 aliphatic heterocycles. The van der Waals surface area contributed by atoms with E-state index >= 15 is 0 Å². The fourth-order valence-electron chi connectivity index (χ4n) is 4.78. The minimum atomic E-state index is 0.479. The third kappa shape index (κ3) is 4.42. The number of nitrogens with one attached hydrogen (secondary N) is 2. The van der Waals surface area contributed by atoms with Crippen LogP contribution in [0.1, 0.15) is 44.1 Å². The average Bonchev–Trinajstić information content (AvgIpc) is 3.33. The smallest absolute Gasteiger partial charge is 0.123 e. The molecule has 2 aromatic rings. The van der Waals surface area contributed by atoms with E-state index < -0.39 is 0 Å². The van der Waals surface area contributed by atoms with Crippen LogP contribution in [0, 0.1) is 11.8 Å². The third-order valence-electron chi connectivity index (χ3n) is 6.29. The first-order chi connectivity index (χ1) is 13.2. The Hall–Kier alpha value is -1.69. The average molecular weight is 368 g/mol. The summed E-state index contributed by atoms with van der Waals surface area (Å²) in [7, 11) is 0. The fraction of sp³-hybridized carbons (Fsp3) is 0.591. The summed E-state index contributed by atoms with van der Waals surface area (Å²) in [5.41, 5.74) is 8.48. The van der Waals surface area contributed by atoms with E-state index in [1.54, 1.807) is 0 Å². The number of nitrogens with zero attached hydrogens (tertiary/aromatic N) is 3. The maximum absolute atomic E-state index is 4.59. The lowest BCUT2D eigenvalue weighted by molar-refractivity contribution is 0.140. The summed E-state index contributed by atoms with van der Waals surface area (Å²) in [6.07, 6.45) is 7.75. The Morgan fingerprint density at radius 3 is 2.67 bits per heavy atom. The molecule has 146 valence electrons. The molecule has 1 aromatic carbocycles. The summed E-state index contributed by atoms with van der Waals surface area (Å²) in [6.45, 7) is 8.84. The van der Waals surface area contributed by atoms with Crippen LogP contribution in [-0.2, 0) is 13.0 Å². The largest absolute Gasteiger partial charge is 0.331 e. The van der Waals surface area contributed by atoms with Crippen molar-refractivity contribution in [2.75, 3.05) is 19.6 Å². The fourth-order valence-corrected chi connectivity index (χ4v) is 4.78. The van der Waals surface area contributed by atoms with Crippen LogP contribution >= 0.6 is 0 Å². The van der Waals surface area contributed by atoms with E-state index in [9.17, 15) is 0 Å². The molecule has 0 spiro atoms. The molecule has 0 radical (unpaired) electrons. The third-order valence-corrected chi connectivity index (χ3v) is 6.29. The molecule has 1 aromatic heterocycles. The van der Waals surface area contributed by atoms with E-state index in [1.807, 2.05) is 6.20 Å². The van der Waals surface area contributed by atoms with Crippen LogP contribution in [-0.4, -0.2) is 40.1 Å². The molecule has 0 saturated carbocycles. The Morgan fingerprint density at radius 1 is 1.15 bits per heavy atom. The molecule has 0 aliphatic carbocycles. The molecule has 2 aliphatic rings. The highest BCUT2D eigenvalue weighted by Gasteiger charge is 2.35. The summed E-state index contributed by atoms with van der Waals surface area (Å²) >= 11 is 0. The van der Waals surface area contributed by atoms with Crippen molar-refractivity contribution in [1.82, 2.24) is 25.3 Å². The van der Waals surface area contributed by atoms with Gasteiger partial charge >= 0.3 is 0 Å². The van der Waals surface area contributed by atoms with Crippen LogP contribution < -0.4 is 10.9 Å². The van der Waals surface area contributed by atoms with Crippen LogP contribution in [0.4, 0.5) is 0 Å². The van der Waals surface area contributed by atoms with Gasteiger partial charge in [-0.1, -0.05) is 30.3 Å². The number of hydrogen-bond donors (Lipinski definition) is 2. The normalized spacial score (nSPS) is 24.7. The number of piperidine rings is 1. The quantitative estimate of drug-likeness (QED) is 0.824. The van der Waals surface area contributed by atoms with E-state index in [4.69, 9.17) is 0 Å². The highest BCUT2D eigenvalue weighted by Crippen LogP contribution is 2.29. The molecule has 4 rings (SSSR count). The second kappa shape index (κ2) is 8.55. The lowest BCUT2D eigenvalue weighted by Gasteiger charge is -2.36. The Labute approximate surface area is 163 Å². The number of rotatable bonds is 6. The molecule has 3 heterocycles. The Morgan fingerprint density at radius 2 is 1.93 bits per heavy atom. The summed E-state index contributed by atoms with van der Waals surface area (Å²) < 4.78 is 2.30. The van der Waals surface area contributed by atoms with Gasteiger partial charge < -0.3 is 4.57 Å². The van der Waals surface area contributed by atoms with Gasteiger partial charge in [0.15, 0.2) is 0 Å². The standard InChI is InChI=1S/C22H33N5/c1-17(2)27-13-10-23-21(27)16-26-11-8-19(9-12-26)22-20(15-24-25-22)14-18-6-4-3-5-7-18/h3-7,10,13,17,19-20,22,24-25H,8-9,11-12,14-16H2,1-2H3. The van der Waals surface area contributed by atoms with E-state index in [0.717, 1.165) is 25.4 Å². The van der Waals surface area contributed by atoms with Gasteiger partial charge in [0.1, 0.15) is 5.82 Å². The van der Waals surface area contributed by atoms with Crippen molar-refractivity contribution >= 4 is 0 Å². The highest BCUT2D eigenvalue weighted by atomic mass is 15.4. The minimum Gasteiger partial charge on any atom is -0.331 e. The van der Waals surface area contributed by atoms with Gasteiger partial charge in [0, 0.05) is 31.0 Å². The zero-order valence-corrected chi connectivity index (χ0v) is 16.6. The molecule has 2 unspecified atom stereocenters. The molecule has 0 amide bonds. The number of hydrogen-bond acceptors (Lipinski definition) is 4. The first-order valence-electron chi connectivity index (χ1n) is 10.5. The SMILES string of the molecule is CC(C)n1ccnc1CN1CCC(C2NNCC2Cc2ccccc2)CC1. The van der Waals surface area contributed by atoms with E-state index in [2.05, 4.69) is 75.7 Å². The molecule has 5 nitrogen and oxygen atoms in total. The molecule has 2 saturated heterocycles. The lowest BCUT2D eigenvalue weighted by Crippen LogP contribution is -2.44. The van der Waals surface area contributed by atoms with E-state index in [0.29, 0.717) is 18.0 Å². The summed E-state index contributed by atoms with van der Waals surface area (Å²) in [5.74, 6) is 2.64. The van der Waals surface area contributed by atoms with Crippen molar-refractivity contribution in [3.05, 3.63) is 54.1 Å². The second-order valence-corrected chi connectivity index (χ2v) is 8.46. The van der Waals surface area contributed by atoms with Gasteiger partial charge in [-0.15, -0.1) is 0 Å². The molecule has 2 N–H and O–H groups in total. The highest BCUT2D eigenvalue weighted by molar-refractivity contribution is 5.16. The monoisotopic (exact) mass is 367 g/mol. The number of hydrazine groups is 1. The summed E-state index contributed by atoms with van der Waals surface area (Å²) in [6, 6.07) is 12.0. The van der Waals surface area contributed by atoms with E-state index in [-0.39, 0.29) is 0 Å². The molecule has 2 fully saturated rings. The van der Waals surface area contributed by atoms with Gasteiger partial charge in [-0.3, -0.25) is 15.8 Å². The molecule has 0 bridgehead atoms. The predicted octanol–water partition coefficient (Wildman–Crippen LogP) is 3.01. The summed E-state index contributed by atoms with van der Waals surface area (Å²) in [5, 5.41) is 0. The minimum absolute atomic E-state index is 0.479. The van der Waals surface area contributed by atoms with Gasteiger partial charge in [-0.25, -0.2) is 4.98 Å². The van der Waals surface area contributed by atoms with Crippen molar-refractivity contribution in [2.24, 2.45) is 11.8 Å². The zero-order chi connectivity index (χ0) is 18.6. The topological polar surface area (TPSA) is 45.1 Å². The van der Waals surface area contributed by atoms with Gasteiger partial charge in [-0.2, -0.15) is 0 Å². The molecular weight excluding hydrogens is 334 g/mol. The molecule has 27 heavy (non-hydrogen) atoms. The Bertz CT molecular complexity index is 703. The van der Waals surface area contributed by atoms with Gasteiger partial charge in [0.25, 0.3) is 0 Å². The van der Waals surface area contributed by atoms with Crippen LogP contribution in [0.25, 0.3) is 0 Å². The maximum atomic E-state index is 4.59. The zero-order valence-electron chi connectivity index (χ0n) is 16.6. The predicted molar refractivity (Wildman–Crippen MR) is 109 cm³/mol. The Kier molecular flexibility index (Phi) is 5.91. The number of aromatic nitrogens is 2. The molecule has 5 heteroatoms. The first kappa shape index (κ1) is 18.7. The maximum Gasteiger partial charge on any atom is 0.123 e. The lowest BCUT2D eigenvalue weighted by atomic mass is 9.81. The Balaban J connectivity index is 1.31. The van der Waals surface area contributed by atoms with Crippen LogP contribution in [0.3, 0.4) is 0 Å². The van der Waals surface area contributed by atoms with Gasteiger partial charge in [0.05, 0.1) is 6.54 Å². The van der Waals surface area contributed by atoms with Crippen molar-refractivity contribution in [1.29, 1.82) is 0 Å². The molecular formula is C22H33N5. The number of imidazole rings is 1. The van der Waals surface area contributed by atoms with Crippen molar-refractivity contribution < 1.29 is 0 Å². The second-order valence-electron chi connectivity index (χ2n) is 8.46. The van der Waals surface area contributed by atoms with Gasteiger partial charge in [0.2, 0.25) is 0 Å². The summed E-state index contributed by atoms with van der Waals surface area (Å²) in [4.78, 5) is 7.16. The van der Waals surface area contributed by atoms with Crippen molar-refractivity contribution in [3.63, 3.8) is 0 Å². The van der Waals surface area contributed by atoms with E-state index in [1.165, 1.54) is 37.3 Å². The number of likely N-dealkylation sites (tertiary alicyclic amines) is 1. The van der Waals surface area contributed by atoms with Crippen LogP contribution in [0.15, 0.2) is 42.7 Å². The van der Waals surface area contributed by atoms with Crippen LogP contribution in [0.2, 0.25) is 0 Å². The van der Waals surface area contributed by atoms with Crippen molar-refractivity contribution in [3.8, 4) is 0 Å². The van der Waals surface area contributed by atoms with Crippen LogP contribution in [0.5, 0.6) is 0 Å². The number of benzene rings is 1. The molecule has 2 atom stereocenters. The first-order valence-corrected chi connectivity index (χ1v) is 10.5. The van der Waals surface area contributed by atoms with Crippen molar-refractivity contribution in [2.45, 2.75) is 51.7 Å². The van der Waals surface area contributed by atoms with Gasteiger partial charge in [-0.05, 0) is 63.6 Å².